The Bertz CT molecular complexity index is 668. The summed E-state index contributed by atoms with van der Waals surface area (Å²) < 4.78 is 5.35. The summed E-state index contributed by atoms with van der Waals surface area (Å²) in [6, 6.07) is 4.93. The average Bonchev–Trinajstić information content (AvgIpc) is 2.87. The molecule has 4 N–H and O–H groups in total. The van der Waals surface area contributed by atoms with Gasteiger partial charge in [0.2, 0.25) is 0 Å². The minimum atomic E-state index is -0.297. The van der Waals surface area contributed by atoms with Crippen molar-refractivity contribution in [3.8, 4) is 0 Å². The molecular weight excluding hydrogens is 280 g/mol. The van der Waals surface area contributed by atoms with Gasteiger partial charge in [-0.2, -0.15) is 5.10 Å². The highest BCUT2D eigenvalue weighted by Gasteiger charge is 2.22. The molecular formula is C13H13ClN4O2. The van der Waals surface area contributed by atoms with Crippen LogP contribution in [0.1, 0.15) is 21.7 Å². The molecule has 1 amide bonds. The maximum Gasteiger partial charge on any atom is 0.276 e. The van der Waals surface area contributed by atoms with E-state index in [4.69, 9.17) is 22.1 Å². The number of benzene rings is 1. The summed E-state index contributed by atoms with van der Waals surface area (Å²) in [6.07, 6.45) is 0.739. The molecule has 1 aromatic heterocycles. The van der Waals surface area contributed by atoms with Gasteiger partial charge in [0, 0.05) is 23.4 Å². The molecule has 1 aliphatic heterocycles. The number of aromatic amines is 1. The zero-order valence-electron chi connectivity index (χ0n) is 10.6. The number of amides is 1. The van der Waals surface area contributed by atoms with Gasteiger partial charge < -0.3 is 15.8 Å². The molecule has 0 spiro atoms. The summed E-state index contributed by atoms with van der Waals surface area (Å²) in [5.41, 5.74) is 8.79. The van der Waals surface area contributed by atoms with Crippen molar-refractivity contribution >= 4 is 28.9 Å². The topological polar surface area (TPSA) is 93.0 Å². The molecule has 0 atom stereocenters. The Balaban J connectivity index is 1.82. The first-order valence-electron chi connectivity index (χ1n) is 6.15. The number of nitrogens with zero attached hydrogens (tertiary/aromatic N) is 1. The number of carbonyl (C=O) groups excluding carboxylic acids is 1. The minimum absolute atomic E-state index is 0.297. The van der Waals surface area contributed by atoms with Gasteiger partial charge in [-0.25, -0.2) is 0 Å². The normalized spacial score (nSPS) is 13.8. The van der Waals surface area contributed by atoms with Gasteiger partial charge in [-0.05, 0) is 18.2 Å². The number of nitrogens with one attached hydrogen (secondary N) is 2. The first-order valence-corrected chi connectivity index (χ1v) is 6.53. The number of aromatic nitrogens is 2. The molecule has 0 unspecified atom stereocenters. The van der Waals surface area contributed by atoms with Crippen LogP contribution in [-0.4, -0.2) is 22.7 Å². The highest BCUT2D eigenvalue weighted by Crippen LogP contribution is 2.24. The fourth-order valence-corrected chi connectivity index (χ4v) is 2.28. The second-order valence-electron chi connectivity index (χ2n) is 4.52. The van der Waals surface area contributed by atoms with Crippen LogP contribution in [-0.2, 0) is 17.8 Å². The number of fused-ring (bicyclic) bond motifs is 1. The van der Waals surface area contributed by atoms with Gasteiger partial charge in [-0.1, -0.05) is 11.6 Å². The molecule has 0 saturated carbocycles. The van der Waals surface area contributed by atoms with Gasteiger partial charge in [0.25, 0.3) is 5.91 Å². The van der Waals surface area contributed by atoms with Crippen molar-refractivity contribution in [2.75, 3.05) is 17.7 Å². The Labute approximate surface area is 120 Å². The van der Waals surface area contributed by atoms with E-state index in [9.17, 15) is 4.79 Å². The van der Waals surface area contributed by atoms with Crippen LogP contribution in [0.15, 0.2) is 18.2 Å². The molecule has 0 fully saturated rings. The van der Waals surface area contributed by atoms with Crippen LogP contribution < -0.4 is 11.1 Å². The number of halogens is 1. The SMILES string of the molecule is Nc1ccc(NC(=O)c2n[nH]c3c2COCC3)cc1Cl. The number of carbonyl (C=O) groups is 1. The molecule has 3 rings (SSSR count). The van der Waals surface area contributed by atoms with E-state index < -0.39 is 0 Å². The molecule has 0 saturated heterocycles. The van der Waals surface area contributed by atoms with E-state index in [-0.39, 0.29) is 5.91 Å². The number of hydrogen-bond donors (Lipinski definition) is 3. The van der Waals surface area contributed by atoms with Crippen LogP contribution in [0.25, 0.3) is 0 Å². The van der Waals surface area contributed by atoms with Gasteiger partial charge >= 0.3 is 0 Å². The van der Waals surface area contributed by atoms with Crippen molar-refractivity contribution in [3.63, 3.8) is 0 Å². The lowest BCUT2D eigenvalue weighted by molar-refractivity contribution is 0.0985. The number of rotatable bonds is 2. The summed E-state index contributed by atoms with van der Waals surface area (Å²) in [5.74, 6) is -0.297. The third-order valence-electron chi connectivity index (χ3n) is 3.17. The van der Waals surface area contributed by atoms with Crippen LogP contribution in [0.5, 0.6) is 0 Å². The molecule has 20 heavy (non-hydrogen) atoms. The first-order chi connectivity index (χ1) is 9.65. The lowest BCUT2D eigenvalue weighted by Crippen LogP contribution is -2.17. The Hall–Kier alpha value is -2.05. The van der Waals surface area contributed by atoms with E-state index in [1.165, 1.54) is 0 Å². The summed E-state index contributed by atoms with van der Waals surface area (Å²) in [4.78, 5) is 12.2. The molecule has 0 aliphatic carbocycles. The van der Waals surface area contributed by atoms with Gasteiger partial charge in [-0.3, -0.25) is 9.89 Å². The number of H-pyrrole nitrogens is 1. The molecule has 0 radical (unpaired) electrons. The largest absolute Gasteiger partial charge is 0.398 e. The van der Waals surface area contributed by atoms with E-state index in [1.807, 2.05) is 0 Å². The Kier molecular flexibility index (Phi) is 3.33. The summed E-state index contributed by atoms with van der Waals surface area (Å²) in [5, 5.41) is 10.1. The third-order valence-corrected chi connectivity index (χ3v) is 3.50. The van der Waals surface area contributed by atoms with E-state index in [0.717, 1.165) is 17.7 Å². The molecule has 0 bridgehead atoms. The second-order valence-corrected chi connectivity index (χ2v) is 4.93. The average molecular weight is 293 g/mol. The number of hydrogen-bond acceptors (Lipinski definition) is 4. The zero-order chi connectivity index (χ0) is 14.1. The van der Waals surface area contributed by atoms with Crippen LogP contribution in [0.3, 0.4) is 0 Å². The molecule has 104 valence electrons. The highest BCUT2D eigenvalue weighted by atomic mass is 35.5. The molecule has 1 aromatic carbocycles. The molecule has 6 nitrogen and oxygen atoms in total. The van der Waals surface area contributed by atoms with E-state index in [1.54, 1.807) is 18.2 Å². The standard InChI is InChI=1S/C13H13ClN4O2/c14-9-5-7(1-2-10(9)15)16-13(19)12-8-6-20-4-3-11(8)17-18-12/h1-2,5H,3-4,6,15H2,(H,16,19)(H,17,18). The monoisotopic (exact) mass is 292 g/mol. The number of nitrogens with two attached hydrogens (primary N) is 1. The Morgan fingerprint density at radius 1 is 1.50 bits per heavy atom. The highest BCUT2D eigenvalue weighted by molar-refractivity contribution is 6.33. The predicted octanol–water partition coefficient (Wildman–Crippen LogP) is 1.97. The van der Waals surface area contributed by atoms with E-state index in [2.05, 4.69) is 15.5 Å². The van der Waals surface area contributed by atoms with E-state index in [0.29, 0.717) is 35.3 Å². The summed E-state index contributed by atoms with van der Waals surface area (Å²) in [6.45, 7) is 1.04. The van der Waals surface area contributed by atoms with Gasteiger partial charge in [-0.15, -0.1) is 0 Å². The van der Waals surface area contributed by atoms with Gasteiger partial charge in [0.15, 0.2) is 5.69 Å². The Morgan fingerprint density at radius 2 is 2.35 bits per heavy atom. The third kappa shape index (κ3) is 2.35. The van der Waals surface area contributed by atoms with Crippen molar-refractivity contribution in [2.45, 2.75) is 13.0 Å². The zero-order valence-corrected chi connectivity index (χ0v) is 11.3. The molecule has 7 heteroatoms. The number of ether oxygens (including phenoxy) is 1. The second kappa shape index (κ2) is 5.15. The smallest absolute Gasteiger partial charge is 0.276 e. The van der Waals surface area contributed by atoms with Crippen molar-refractivity contribution in [1.82, 2.24) is 10.2 Å². The molecule has 1 aliphatic rings. The maximum absolute atomic E-state index is 12.2. The van der Waals surface area contributed by atoms with Crippen molar-refractivity contribution < 1.29 is 9.53 Å². The number of nitrogen functional groups attached to an aromatic ring is 1. The molecule has 2 heterocycles. The Morgan fingerprint density at radius 3 is 3.15 bits per heavy atom. The van der Waals surface area contributed by atoms with Crippen molar-refractivity contribution in [1.29, 1.82) is 0 Å². The van der Waals surface area contributed by atoms with E-state index >= 15 is 0 Å². The first kappa shape index (κ1) is 13.0. The van der Waals surface area contributed by atoms with Crippen LogP contribution in [0.2, 0.25) is 5.02 Å². The maximum atomic E-state index is 12.2. The summed E-state index contributed by atoms with van der Waals surface area (Å²) >= 11 is 5.92. The summed E-state index contributed by atoms with van der Waals surface area (Å²) in [7, 11) is 0. The molecule has 2 aromatic rings. The van der Waals surface area contributed by atoms with Crippen LogP contribution in [0, 0.1) is 0 Å². The lowest BCUT2D eigenvalue weighted by atomic mass is 10.1. The van der Waals surface area contributed by atoms with Crippen LogP contribution in [0.4, 0.5) is 11.4 Å². The van der Waals surface area contributed by atoms with Crippen molar-refractivity contribution in [2.24, 2.45) is 0 Å². The van der Waals surface area contributed by atoms with Gasteiger partial charge in [0.05, 0.1) is 23.9 Å². The van der Waals surface area contributed by atoms with Crippen molar-refractivity contribution in [3.05, 3.63) is 40.2 Å². The lowest BCUT2D eigenvalue weighted by Gasteiger charge is -2.12. The predicted molar refractivity (Wildman–Crippen MR) is 75.8 cm³/mol. The fourth-order valence-electron chi connectivity index (χ4n) is 2.09. The van der Waals surface area contributed by atoms with Gasteiger partial charge in [0.1, 0.15) is 0 Å². The van der Waals surface area contributed by atoms with Crippen LogP contribution >= 0.6 is 11.6 Å². The quantitative estimate of drug-likeness (QED) is 0.738. The minimum Gasteiger partial charge on any atom is -0.398 e. The fraction of sp³-hybridized carbons (Fsp3) is 0.231. The number of anilines is 2.